The van der Waals surface area contributed by atoms with E-state index in [2.05, 4.69) is 10.6 Å². The van der Waals surface area contributed by atoms with Crippen molar-refractivity contribution in [2.45, 2.75) is 38.5 Å². The number of carbonyl (C=O) groups excluding carboxylic acids is 2. The second-order valence-corrected chi connectivity index (χ2v) is 5.95. The summed E-state index contributed by atoms with van der Waals surface area (Å²) in [5.41, 5.74) is -0.941. The van der Waals surface area contributed by atoms with Crippen LogP contribution in [0.5, 0.6) is 0 Å². The zero-order valence-corrected chi connectivity index (χ0v) is 13.1. The third-order valence-electron chi connectivity index (χ3n) is 4.15. The quantitative estimate of drug-likeness (QED) is 0.736. The van der Waals surface area contributed by atoms with Crippen LogP contribution in [-0.4, -0.2) is 29.6 Å². The highest BCUT2D eigenvalue weighted by Gasteiger charge is 2.33. The van der Waals surface area contributed by atoms with Gasteiger partial charge < -0.3 is 15.7 Å². The lowest BCUT2D eigenvalue weighted by molar-refractivity contribution is -0.138. The molecule has 0 spiro atoms. The summed E-state index contributed by atoms with van der Waals surface area (Å²) in [6, 6.07) is 3.32. The maximum Gasteiger partial charge on any atom is 0.416 e. The first-order valence-corrected chi connectivity index (χ1v) is 7.63. The fourth-order valence-electron chi connectivity index (χ4n) is 2.75. The molecule has 1 saturated carbocycles. The van der Waals surface area contributed by atoms with Crippen LogP contribution in [0, 0.1) is 12.8 Å². The molecule has 132 valence electrons. The zero-order chi connectivity index (χ0) is 17.9. The molecule has 0 bridgehead atoms. The molecule has 2 unspecified atom stereocenters. The number of rotatable bonds is 3. The first-order chi connectivity index (χ1) is 11.2. The van der Waals surface area contributed by atoms with Crippen LogP contribution < -0.4 is 10.6 Å². The molecule has 1 fully saturated rings. The van der Waals surface area contributed by atoms with Crippen LogP contribution in [0.2, 0.25) is 0 Å². The molecular formula is C16H19F3N2O3. The van der Waals surface area contributed by atoms with Gasteiger partial charge in [0.2, 0.25) is 0 Å². The number of amides is 2. The molecule has 0 radical (unpaired) electrons. The summed E-state index contributed by atoms with van der Waals surface area (Å²) in [5, 5.41) is 14.2. The van der Waals surface area contributed by atoms with E-state index in [0.29, 0.717) is 6.42 Å². The molecule has 0 aliphatic heterocycles. The van der Waals surface area contributed by atoms with Crippen LogP contribution in [0.1, 0.15) is 30.4 Å². The van der Waals surface area contributed by atoms with Crippen LogP contribution in [0.4, 0.5) is 18.9 Å². The minimum absolute atomic E-state index is 0.0279. The number of benzene rings is 1. The van der Waals surface area contributed by atoms with Crippen molar-refractivity contribution < 1.29 is 27.9 Å². The van der Waals surface area contributed by atoms with Gasteiger partial charge in [0.1, 0.15) is 0 Å². The number of aliphatic hydroxyl groups is 1. The number of hydrogen-bond donors (Lipinski definition) is 3. The Morgan fingerprint density at radius 1 is 1.25 bits per heavy atom. The van der Waals surface area contributed by atoms with Crippen molar-refractivity contribution in [1.82, 2.24) is 5.32 Å². The standard InChI is InChI=1S/C16H19F3N2O3/c1-9-5-6-11(7-12(9)16(17,18)19)21-15(24)14(23)20-8-10-3-2-4-13(10)22/h5-7,10,13,22H,2-4,8H2,1H3,(H,20,23)(H,21,24). The van der Waals surface area contributed by atoms with E-state index >= 15 is 0 Å². The van der Waals surface area contributed by atoms with Crippen molar-refractivity contribution in [2.75, 3.05) is 11.9 Å². The molecule has 2 rings (SSSR count). The molecule has 1 aliphatic carbocycles. The van der Waals surface area contributed by atoms with Gasteiger partial charge in [-0.1, -0.05) is 12.5 Å². The van der Waals surface area contributed by atoms with Gasteiger partial charge in [0, 0.05) is 18.2 Å². The topological polar surface area (TPSA) is 78.4 Å². The molecule has 2 amide bonds. The minimum atomic E-state index is -4.54. The second kappa shape index (κ2) is 7.21. The van der Waals surface area contributed by atoms with E-state index < -0.39 is 29.7 Å². The van der Waals surface area contributed by atoms with Gasteiger partial charge in [-0.15, -0.1) is 0 Å². The third-order valence-corrected chi connectivity index (χ3v) is 4.15. The van der Waals surface area contributed by atoms with Gasteiger partial charge >= 0.3 is 18.0 Å². The Hall–Kier alpha value is -2.09. The highest BCUT2D eigenvalue weighted by Crippen LogP contribution is 2.33. The fourth-order valence-corrected chi connectivity index (χ4v) is 2.75. The molecule has 2 atom stereocenters. The number of halogens is 3. The predicted molar refractivity (Wildman–Crippen MR) is 81.2 cm³/mol. The summed E-state index contributed by atoms with van der Waals surface area (Å²) in [5.74, 6) is -2.08. The van der Waals surface area contributed by atoms with Crippen molar-refractivity contribution in [1.29, 1.82) is 0 Å². The number of nitrogens with one attached hydrogen (secondary N) is 2. The summed E-state index contributed by atoms with van der Waals surface area (Å²) in [4.78, 5) is 23.5. The lowest BCUT2D eigenvalue weighted by atomic mass is 10.1. The van der Waals surface area contributed by atoms with Crippen LogP contribution in [0.15, 0.2) is 18.2 Å². The summed E-state index contributed by atoms with van der Waals surface area (Å²) >= 11 is 0. The molecule has 1 aromatic carbocycles. The minimum Gasteiger partial charge on any atom is -0.393 e. The number of hydrogen-bond acceptors (Lipinski definition) is 3. The number of aryl methyl sites for hydroxylation is 1. The molecule has 24 heavy (non-hydrogen) atoms. The maximum atomic E-state index is 12.8. The predicted octanol–water partition coefficient (Wildman–Crippen LogP) is 2.23. The van der Waals surface area contributed by atoms with E-state index in [9.17, 15) is 27.9 Å². The highest BCUT2D eigenvalue weighted by molar-refractivity contribution is 6.39. The summed E-state index contributed by atoms with van der Waals surface area (Å²) in [6.45, 7) is 1.48. The van der Waals surface area contributed by atoms with Gasteiger partial charge in [0.25, 0.3) is 0 Å². The molecular weight excluding hydrogens is 325 g/mol. The number of anilines is 1. The molecule has 3 N–H and O–H groups in total. The van der Waals surface area contributed by atoms with Gasteiger partial charge in [0.05, 0.1) is 11.7 Å². The van der Waals surface area contributed by atoms with E-state index in [-0.39, 0.29) is 23.7 Å². The first-order valence-electron chi connectivity index (χ1n) is 7.63. The Morgan fingerprint density at radius 3 is 2.54 bits per heavy atom. The van der Waals surface area contributed by atoms with E-state index in [1.165, 1.54) is 19.1 Å². The molecule has 0 saturated heterocycles. The van der Waals surface area contributed by atoms with Crippen LogP contribution >= 0.6 is 0 Å². The van der Waals surface area contributed by atoms with E-state index in [1.54, 1.807) is 0 Å². The van der Waals surface area contributed by atoms with E-state index in [0.717, 1.165) is 18.9 Å². The molecule has 1 aromatic rings. The van der Waals surface area contributed by atoms with Gasteiger partial charge in [-0.3, -0.25) is 9.59 Å². The van der Waals surface area contributed by atoms with Crippen molar-refractivity contribution >= 4 is 17.5 Å². The largest absolute Gasteiger partial charge is 0.416 e. The third kappa shape index (κ3) is 4.47. The van der Waals surface area contributed by atoms with Crippen LogP contribution in [0.25, 0.3) is 0 Å². The Balaban J connectivity index is 1.95. The molecule has 0 heterocycles. The maximum absolute atomic E-state index is 12.8. The fraction of sp³-hybridized carbons (Fsp3) is 0.500. The first kappa shape index (κ1) is 18.3. The molecule has 5 nitrogen and oxygen atoms in total. The number of carbonyl (C=O) groups is 2. The van der Waals surface area contributed by atoms with Crippen LogP contribution in [0.3, 0.4) is 0 Å². The average molecular weight is 344 g/mol. The Morgan fingerprint density at radius 2 is 1.96 bits per heavy atom. The van der Waals surface area contributed by atoms with Gasteiger partial charge in [-0.05, 0) is 37.5 Å². The van der Waals surface area contributed by atoms with E-state index in [1.807, 2.05) is 0 Å². The monoisotopic (exact) mass is 344 g/mol. The van der Waals surface area contributed by atoms with Crippen LogP contribution in [-0.2, 0) is 15.8 Å². The molecule has 1 aliphatic rings. The number of aliphatic hydroxyl groups excluding tert-OH is 1. The van der Waals surface area contributed by atoms with Crippen molar-refractivity contribution in [3.63, 3.8) is 0 Å². The van der Waals surface area contributed by atoms with Gasteiger partial charge in [0.15, 0.2) is 0 Å². The zero-order valence-electron chi connectivity index (χ0n) is 13.1. The van der Waals surface area contributed by atoms with Gasteiger partial charge in [-0.2, -0.15) is 13.2 Å². The average Bonchev–Trinajstić information content (AvgIpc) is 2.90. The number of alkyl halides is 3. The summed E-state index contributed by atoms with van der Waals surface area (Å²) < 4.78 is 38.5. The van der Waals surface area contributed by atoms with E-state index in [4.69, 9.17) is 0 Å². The van der Waals surface area contributed by atoms with Crippen molar-refractivity contribution in [3.8, 4) is 0 Å². The lowest BCUT2D eigenvalue weighted by Gasteiger charge is -2.15. The Labute approximate surface area is 137 Å². The Kier molecular flexibility index (Phi) is 5.48. The summed E-state index contributed by atoms with van der Waals surface area (Å²) in [7, 11) is 0. The Bertz CT molecular complexity index is 631. The molecule has 8 heteroatoms. The smallest absolute Gasteiger partial charge is 0.393 e. The highest BCUT2D eigenvalue weighted by atomic mass is 19.4. The van der Waals surface area contributed by atoms with Gasteiger partial charge in [-0.25, -0.2) is 0 Å². The normalized spacial score (nSPS) is 20.7. The molecule has 0 aromatic heterocycles. The SMILES string of the molecule is Cc1ccc(NC(=O)C(=O)NCC2CCCC2O)cc1C(F)(F)F. The second-order valence-electron chi connectivity index (χ2n) is 5.95. The lowest BCUT2D eigenvalue weighted by Crippen LogP contribution is -2.39. The summed E-state index contributed by atoms with van der Waals surface area (Å²) in [6.07, 6.45) is -2.75. The van der Waals surface area contributed by atoms with Crippen molar-refractivity contribution in [3.05, 3.63) is 29.3 Å². The van der Waals surface area contributed by atoms with Crippen molar-refractivity contribution in [2.24, 2.45) is 5.92 Å².